The zero-order chi connectivity index (χ0) is 20.6. The number of nitrogens with one attached hydrogen (secondary N) is 1. The third-order valence-electron chi connectivity index (χ3n) is 4.95. The molecule has 2 aromatic heterocycles. The predicted molar refractivity (Wildman–Crippen MR) is 106 cm³/mol. The molecule has 0 spiro atoms. The average Bonchev–Trinajstić information content (AvgIpc) is 2.86. The molecule has 2 N–H and O–H groups in total. The highest BCUT2D eigenvalue weighted by Crippen LogP contribution is 2.29. The summed E-state index contributed by atoms with van der Waals surface area (Å²) in [6.45, 7) is 5.22. The average molecular weight is 385 g/mol. The van der Waals surface area contributed by atoms with Crippen LogP contribution < -0.4 is 10.9 Å². The first-order chi connectivity index (χ1) is 13.1. The smallest absolute Gasteiger partial charge is 0.274 e. The maximum absolute atomic E-state index is 13.3. The lowest BCUT2D eigenvalue weighted by Gasteiger charge is -2.26. The SMILES string of the molecule is C[C@H](Nc1nccc(-c2c(-c3ccc(F)cc3)c(=O)n(C)n2C)n1)C(C)(C)O. The van der Waals surface area contributed by atoms with Crippen molar-refractivity contribution in [3.05, 3.63) is 52.7 Å². The molecule has 148 valence electrons. The normalized spacial score (nSPS) is 12.8. The van der Waals surface area contributed by atoms with Gasteiger partial charge in [0.1, 0.15) is 5.82 Å². The van der Waals surface area contributed by atoms with Crippen LogP contribution in [0.25, 0.3) is 22.5 Å². The Labute approximate surface area is 162 Å². The second kappa shape index (κ2) is 7.20. The minimum Gasteiger partial charge on any atom is -0.388 e. The first kappa shape index (κ1) is 19.8. The van der Waals surface area contributed by atoms with Gasteiger partial charge in [-0.25, -0.2) is 14.4 Å². The van der Waals surface area contributed by atoms with E-state index in [2.05, 4.69) is 15.3 Å². The number of benzene rings is 1. The van der Waals surface area contributed by atoms with Crippen LogP contribution in [-0.2, 0) is 14.1 Å². The van der Waals surface area contributed by atoms with Gasteiger partial charge in [-0.3, -0.25) is 14.2 Å². The molecule has 3 rings (SSSR count). The molecule has 0 aliphatic carbocycles. The van der Waals surface area contributed by atoms with E-state index in [-0.39, 0.29) is 17.4 Å². The Morgan fingerprint density at radius 3 is 2.39 bits per heavy atom. The standard InChI is InChI=1S/C20H24FN5O2/c1-12(20(2,3)28)23-19-22-11-10-15(24-19)17-16(18(27)26(5)25(17)4)13-6-8-14(21)9-7-13/h6-12,28H,1-5H3,(H,22,23,24)/t12-/m0/s1. The third-order valence-corrected chi connectivity index (χ3v) is 4.95. The number of hydrogen-bond donors (Lipinski definition) is 2. The topological polar surface area (TPSA) is 85.0 Å². The summed E-state index contributed by atoms with van der Waals surface area (Å²) in [6.07, 6.45) is 1.59. The van der Waals surface area contributed by atoms with Gasteiger partial charge in [0.2, 0.25) is 5.95 Å². The molecule has 2 heterocycles. The van der Waals surface area contributed by atoms with Crippen molar-refractivity contribution in [1.82, 2.24) is 19.3 Å². The van der Waals surface area contributed by atoms with E-state index >= 15 is 0 Å². The maximum atomic E-state index is 13.3. The van der Waals surface area contributed by atoms with Crippen LogP contribution in [0.2, 0.25) is 0 Å². The van der Waals surface area contributed by atoms with E-state index in [1.165, 1.54) is 16.8 Å². The molecule has 0 fully saturated rings. The van der Waals surface area contributed by atoms with Gasteiger partial charge < -0.3 is 10.4 Å². The fourth-order valence-corrected chi connectivity index (χ4v) is 2.81. The van der Waals surface area contributed by atoms with Gasteiger partial charge in [0.15, 0.2) is 0 Å². The lowest BCUT2D eigenvalue weighted by atomic mass is 10.0. The molecule has 0 unspecified atom stereocenters. The van der Waals surface area contributed by atoms with Crippen LogP contribution in [0.15, 0.2) is 41.3 Å². The van der Waals surface area contributed by atoms with Crippen LogP contribution in [0, 0.1) is 5.82 Å². The number of rotatable bonds is 5. The Morgan fingerprint density at radius 2 is 1.79 bits per heavy atom. The molecule has 0 bridgehead atoms. The van der Waals surface area contributed by atoms with Crippen LogP contribution >= 0.6 is 0 Å². The lowest BCUT2D eigenvalue weighted by molar-refractivity contribution is 0.0646. The Morgan fingerprint density at radius 1 is 1.14 bits per heavy atom. The first-order valence-corrected chi connectivity index (χ1v) is 8.94. The molecule has 0 aliphatic rings. The summed E-state index contributed by atoms with van der Waals surface area (Å²) < 4.78 is 16.5. The monoisotopic (exact) mass is 385 g/mol. The molecule has 0 radical (unpaired) electrons. The number of halogens is 1. The van der Waals surface area contributed by atoms with Gasteiger partial charge in [0.05, 0.1) is 28.6 Å². The van der Waals surface area contributed by atoms with E-state index in [1.54, 1.807) is 57.0 Å². The van der Waals surface area contributed by atoms with E-state index in [0.717, 1.165) is 0 Å². The van der Waals surface area contributed by atoms with Gasteiger partial charge in [-0.05, 0) is 44.5 Å². The summed E-state index contributed by atoms with van der Waals surface area (Å²) in [5.41, 5.74) is 1.02. The number of hydrogen-bond acceptors (Lipinski definition) is 5. The van der Waals surface area contributed by atoms with Gasteiger partial charge in [0, 0.05) is 20.3 Å². The largest absolute Gasteiger partial charge is 0.388 e. The van der Waals surface area contributed by atoms with Crippen molar-refractivity contribution in [2.24, 2.45) is 14.1 Å². The molecule has 8 heteroatoms. The lowest BCUT2D eigenvalue weighted by Crippen LogP contribution is -2.39. The Bertz CT molecular complexity index is 1050. The van der Waals surface area contributed by atoms with E-state index < -0.39 is 5.60 Å². The summed E-state index contributed by atoms with van der Waals surface area (Å²) in [5.74, 6) is -0.0272. The number of nitrogens with zero attached hydrogens (tertiary/aromatic N) is 4. The molecule has 0 amide bonds. The van der Waals surface area contributed by atoms with Crippen LogP contribution in [0.1, 0.15) is 20.8 Å². The van der Waals surface area contributed by atoms with Gasteiger partial charge in [-0.15, -0.1) is 0 Å². The van der Waals surface area contributed by atoms with Crippen molar-refractivity contribution in [1.29, 1.82) is 0 Å². The van der Waals surface area contributed by atoms with Gasteiger partial charge in [-0.1, -0.05) is 12.1 Å². The second-order valence-electron chi connectivity index (χ2n) is 7.37. The molecule has 1 atom stereocenters. The zero-order valence-corrected chi connectivity index (χ0v) is 16.6. The Kier molecular flexibility index (Phi) is 5.08. The van der Waals surface area contributed by atoms with Gasteiger partial charge >= 0.3 is 0 Å². The molecular formula is C20H24FN5O2. The quantitative estimate of drug-likeness (QED) is 0.705. The van der Waals surface area contributed by atoms with Crippen LogP contribution in [-0.4, -0.2) is 36.1 Å². The molecule has 28 heavy (non-hydrogen) atoms. The summed E-state index contributed by atoms with van der Waals surface area (Å²) in [6, 6.07) is 7.21. The number of aliphatic hydroxyl groups is 1. The zero-order valence-electron chi connectivity index (χ0n) is 16.6. The second-order valence-corrected chi connectivity index (χ2v) is 7.37. The fourth-order valence-electron chi connectivity index (χ4n) is 2.81. The summed E-state index contributed by atoms with van der Waals surface area (Å²) in [7, 11) is 3.42. The summed E-state index contributed by atoms with van der Waals surface area (Å²) in [4.78, 5) is 21.6. The van der Waals surface area contributed by atoms with Crippen molar-refractivity contribution in [3.8, 4) is 22.5 Å². The Hall–Kier alpha value is -3.00. The van der Waals surface area contributed by atoms with Crippen LogP contribution in [0.4, 0.5) is 10.3 Å². The van der Waals surface area contributed by atoms with Crippen molar-refractivity contribution < 1.29 is 9.50 Å². The van der Waals surface area contributed by atoms with E-state index in [9.17, 15) is 14.3 Å². The van der Waals surface area contributed by atoms with Gasteiger partial charge in [-0.2, -0.15) is 0 Å². The Balaban J connectivity index is 2.12. The molecule has 1 aromatic carbocycles. The minimum absolute atomic E-state index is 0.206. The minimum atomic E-state index is -0.960. The van der Waals surface area contributed by atoms with Crippen molar-refractivity contribution in [2.75, 3.05) is 5.32 Å². The van der Waals surface area contributed by atoms with E-state index in [4.69, 9.17) is 0 Å². The van der Waals surface area contributed by atoms with Gasteiger partial charge in [0.25, 0.3) is 5.56 Å². The van der Waals surface area contributed by atoms with Crippen LogP contribution in [0.5, 0.6) is 0 Å². The van der Waals surface area contributed by atoms with Crippen molar-refractivity contribution in [2.45, 2.75) is 32.4 Å². The molecule has 0 aliphatic heterocycles. The summed E-state index contributed by atoms with van der Waals surface area (Å²) in [5, 5.41) is 13.2. The molecular weight excluding hydrogens is 361 g/mol. The van der Waals surface area contributed by atoms with Crippen molar-refractivity contribution >= 4 is 5.95 Å². The highest BCUT2D eigenvalue weighted by Gasteiger charge is 2.24. The molecule has 0 saturated heterocycles. The molecule has 0 saturated carbocycles. The van der Waals surface area contributed by atoms with Crippen LogP contribution in [0.3, 0.4) is 0 Å². The van der Waals surface area contributed by atoms with E-state index in [1.807, 2.05) is 6.92 Å². The van der Waals surface area contributed by atoms with Crippen molar-refractivity contribution in [3.63, 3.8) is 0 Å². The third kappa shape index (κ3) is 3.68. The number of anilines is 1. The maximum Gasteiger partial charge on any atom is 0.274 e. The summed E-state index contributed by atoms with van der Waals surface area (Å²) >= 11 is 0. The first-order valence-electron chi connectivity index (χ1n) is 8.94. The van der Waals surface area contributed by atoms with E-state index in [0.29, 0.717) is 28.5 Å². The number of aromatic nitrogens is 4. The highest BCUT2D eigenvalue weighted by molar-refractivity contribution is 5.79. The molecule has 3 aromatic rings. The fraction of sp³-hybridized carbons (Fsp3) is 0.350. The predicted octanol–water partition coefficient (Wildman–Crippen LogP) is 2.56. The highest BCUT2D eigenvalue weighted by atomic mass is 19.1. The molecule has 7 nitrogen and oxygen atoms in total.